The Morgan fingerprint density at radius 1 is 1.56 bits per heavy atom. The molecule has 94 valence electrons. The normalized spacial score (nSPS) is 11.4. The van der Waals surface area contributed by atoms with Crippen LogP contribution in [0.3, 0.4) is 0 Å². The predicted molar refractivity (Wildman–Crippen MR) is 66.4 cm³/mol. The first-order valence-corrected chi connectivity index (χ1v) is 5.67. The van der Waals surface area contributed by atoms with Crippen LogP contribution in [0.25, 0.3) is 0 Å². The number of carbonyl (C=O) groups is 2. The molecule has 0 saturated carbocycles. The van der Waals surface area contributed by atoms with Crippen LogP contribution < -0.4 is 5.32 Å². The van der Waals surface area contributed by atoms with Crippen molar-refractivity contribution in [1.82, 2.24) is 5.32 Å². The summed E-state index contributed by atoms with van der Waals surface area (Å²) in [7, 11) is 0. The number of benzene rings is 1. The topological polar surface area (TPSA) is 66.4 Å². The van der Waals surface area contributed by atoms with Gasteiger partial charge in [0.05, 0.1) is 10.0 Å². The van der Waals surface area contributed by atoms with Gasteiger partial charge in [-0.05, 0) is 28.1 Å². The van der Waals surface area contributed by atoms with E-state index in [4.69, 9.17) is 11.5 Å². The van der Waals surface area contributed by atoms with Crippen LogP contribution in [-0.4, -0.2) is 23.0 Å². The summed E-state index contributed by atoms with van der Waals surface area (Å²) >= 11 is 2.94. The summed E-state index contributed by atoms with van der Waals surface area (Å²) in [6, 6.07) is 2.92. The molecule has 1 atom stereocenters. The lowest BCUT2D eigenvalue weighted by Crippen LogP contribution is -2.40. The summed E-state index contributed by atoms with van der Waals surface area (Å²) in [6.45, 7) is 0. The van der Waals surface area contributed by atoms with Crippen LogP contribution in [-0.2, 0) is 4.79 Å². The molecule has 1 rings (SSSR count). The molecular formula is C12H9BrFNO3. The Bertz CT molecular complexity index is 525. The van der Waals surface area contributed by atoms with Crippen LogP contribution >= 0.6 is 15.9 Å². The summed E-state index contributed by atoms with van der Waals surface area (Å²) in [4.78, 5) is 22.5. The number of carboxylic acids is 1. The first-order chi connectivity index (χ1) is 8.47. The van der Waals surface area contributed by atoms with Gasteiger partial charge in [-0.3, -0.25) is 4.79 Å². The van der Waals surface area contributed by atoms with Gasteiger partial charge in [0.2, 0.25) is 0 Å². The van der Waals surface area contributed by atoms with Crippen molar-refractivity contribution in [3.8, 4) is 12.3 Å². The molecule has 0 fully saturated rings. The number of halogens is 2. The summed E-state index contributed by atoms with van der Waals surface area (Å²) in [6.07, 6.45) is 4.82. The van der Waals surface area contributed by atoms with E-state index >= 15 is 0 Å². The zero-order chi connectivity index (χ0) is 13.7. The highest BCUT2D eigenvalue weighted by molar-refractivity contribution is 9.10. The molecule has 0 bridgehead atoms. The molecule has 1 aromatic rings. The second-order valence-electron chi connectivity index (χ2n) is 3.37. The highest BCUT2D eigenvalue weighted by Crippen LogP contribution is 2.18. The van der Waals surface area contributed by atoms with Gasteiger partial charge in [-0.1, -0.05) is 6.07 Å². The molecule has 0 spiro atoms. The number of nitrogens with one attached hydrogen (secondary N) is 1. The fraction of sp³-hybridized carbons (Fsp3) is 0.167. The maximum Gasteiger partial charge on any atom is 0.327 e. The Labute approximate surface area is 111 Å². The van der Waals surface area contributed by atoms with E-state index in [2.05, 4.69) is 27.2 Å². The van der Waals surface area contributed by atoms with Gasteiger partial charge in [0, 0.05) is 6.42 Å². The van der Waals surface area contributed by atoms with Gasteiger partial charge in [-0.25, -0.2) is 9.18 Å². The van der Waals surface area contributed by atoms with Crippen molar-refractivity contribution < 1.29 is 19.1 Å². The molecule has 0 radical (unpaired) electrons. The lowest BCUT2D eigenvalue weighted by Gasteiger charge is -2.12. The summed E-state index contributed by atoms with van der Waals surface area (Å²) in [5, 5.41) is 11.0. The molecule has 0 aliphatic heterocycles. The highest BCUT2D eigenvalue weighted by Gasteiger charge is 2.21. The predicted octanol–water partition coefficient (Wildman–Crippen LogP) is 1.79. The standard InChI is InChI=1S/C12H9BrFNO3/c1-2-4-9(12(17)18)15-11(16)7-5-3-6-8(13)10(7)14/h1,3,5-6,9H,4H2,(H,15,16)(H,17,18). The molecule has 0 aromatic heterocycles. The Kier molecular flexibility index (Phi) is 4.86. The Hall–Kier alpha value is -1.87. The molecule has 0 aliphatic carbocycles. The Morgan fingerprint density at radius 2 is 2.22 bits per heavy atom. The molecule has 0 aliphatic rings. The molecular weight excluding hydrogens is 305 g/mol. The van der Waals surface area contributed by atoms with Gasteiger partial charge in [0.1, 0.15) is 11.9 Å². The van der Waals surface area contributed by atoms with E-state index in [1.165, 1.54) is 18.2 Å². The van der Waals surface area contributed by atoms with E-state index < -0.39 is 23.7 Å². The average Bonchev–Trinajstić information content (AvgIpc) is 2.31. The number of carbonyl (C=O) groups excluding carboxylic acids is 1. The number of rotatable bonds is 4. The molecule has 1 aromatic carbocycles. The second-order valence-corrected chi connectivity index (χ2v) is 4.23. The molecule has 18 heavy (non-hydrogen) atoms. The zero-order valence-electron chi connectivity index (χ0n) is 9.11. The Morgan fingerprint density at radius 3 is 2.78 bits per heavy atom. The number of amides is 1. The highest BCUT2D eigenvalue weighted by atomic mass is 79.9. The largest absolute Gasteiger partial charge is 0.480 e. The van der Waals surface area contributed by atoms with Crippen molar-refractivity contribution in [3.63, 3.8) is 0 Å². The van der Waals surface area contributed by atoms with Gasteiger partial charge in [0.15, 0.2) is 0 Å². The summed E-state index contributed by atoms with van der Waals surface area (Å²) in [5.41, 5.74) is -0.243. The first-order valence-electron chi connectivity index (χ1n) is 4.88. The minimum atomic E-state index is -1.27. The van der Waals surface area contributed by atoms with Crippen molar-refractivity contribution in [3.05, 3.63) is 34.1 Å². The SMILES string of the molecule is C#CCC(NC(=O)c1cccc(Br)c1F)C(=O)O. The third kappa shape index (κ3) is 3.31. The number of hydrogen-bond donors (Lipinski definition) is 2. The van der Waals surface area contributed by atoms with Crippen LogP contribution in [0.4, 0.5) is 4.39 Å². The molecule has 0 heterocycles. The lowest BCUT2D eigenvalue weighted by atomic mass is 10.1. The van der Waals surface area contributed by atoms with Crippen LogP contribution in [0.15, 0.2) is 22.7 Å². The van der Waals surface area contributed by atoms with Crippen molar-refractivity contribution >= 4 is 27.8 Å². The smallest absolute Gasteiger partial charge is 0.327 e. The van der Waals surface area contributed by atoms with E-state index in [1.54, 1.807) is 0 Å². The van der Waals surface area contributed by atoms with Gasteiger partial charge in [0.25, 0.3) is 5.91 Å². The molecule has 1 unspecified atom stereocenters. The first kappa shape index (κ1) is 14.2. The quantitative estimate of drug-likeness (QED) is 0.833. The number of aliphatic carboxylic acids is 1. The van der Waals surface area contributed by atoms with Gasteiger partial charge in [-0.2, -0.15) is 0 Å². The van der Waals surface area contributed by atoms with E-state index in [0.29, 0.717) is 0 Å². The van der Waals surface area contributed by atoms with Crippen LogP contribution in [0, 0.1) is 18.2 Å². The average molecular weight is 314 g/mol. The van der Waals surface area contributed by atoms with Crippen molar-refractivity contribution in [2.45, 2.75) is 12.5 Å². The maximum atomic E-state index is 13.6. The summed E-state index contributed by atoms with van der Waals surface area (Å²) in [5.74, 6) is -0.706. The molecule has 4 nitrogen and oxygen atoms in total. The third-order valence-corrected chi connectivity index (χ3v) is 2.73. The number of hydrogen-bond acceptors (Lipinski definition) is 2. The third-order valence-electron chi connectivity index (χ3n) is 2.12. The number of carboxylic acid groups (broad SMARTS) is 1. The molecule has 0 saturated heterocycles. The van der Waals surface area contributed by atoms with Gasteiger partial charge in [-0.15, -0.1) is 12.3 Å². The van der Waals surface area contributed by atoms with Crippen molar-refractivity contribution in [2.24, 2.45) is 0 Å². The minimum Gasteiger partial charge on any atom is -0.480 e. The van der Waals surface area contributed by atoms with E-state index in [9.17, 15) is 14.0 Å². The molecule has 6 heteroatoms. The maximum absolute atomic E-state index is 13.6. The summed E-state index contributed by atoms with van der Waals surface area (Å²) < 4.78 is 13.7. The van der Waals surface area contributed by atoms with E-state index in [1.807, 2.05) is 0 Å². The van der Waals surface area contributed by atoms with Crippen LogP contribution in [0.1, 0.15) is 16.8 Å². The van der Waals surface area contributed by atoms with Crippen molar-refractivity contribution in [1.29, 1.82) is 0 Å². The fourth-order valence-electron chi connectivity index (χ4n) is 1.23. The van der Waals surface area contributed by atoms with Gasteiger partial charge < -0.3 is 10.4 Å². The monoisotopic (exact) mass is 313 g/mol. The molecule has 1 amide bonds. The lowest BCUT2D eigenvalue weighted by molar-refractivity contribution is -0.139. The zero-order valence-corrected chi connectivity index (χ0v) is 10.7. The van der Waals surface area contributed by atoms with Crippen LogP contribution in [0.5, 0.6) is 0 Å². The van der Waals surface area contributed by atoms with E-state index in [0.717, 1.165) is 0 Å². The Balaban J connectivity index is 2.91. The van der Waals surface area contributed by atoms with Crippen molar-refractivity contribution in [2.75, 3.05) is 0 Å². The molecule has 2 N–H and O–H groups in total. The van der Waals surface area contributed by atoms with Crippen LogP contribution in [0.2, 0.25) is 0 Å². The van der Waals surface area contributed by atoms with E-state index in [-0.39, 0.29) is 16.5 Å². The second kappa shape index (κ2) is 6.17. The minimum absolute atomic E-state index is 0.124. The number of terminal acetylenes is 1. The fourth-order valence-corrected chi connectivity index (χ4v) is 1.60. The van der Waals surface area contributed by atoms with Gasteiger partial charge >= 0.3 is 5.97 Å².